The van der Waals surface area contributed by atoms with Crippen molar-refractivity contribution in [3.05, 3.63) is 25.3 Å². The number of Topliss-reactive ketones (excluding diaryl/α,β-unsaturated/α-hetero) is 1. The molecule has 2 aliphatic rings. The number of rotatable bonds is 8. The fourth-order valence-corrected chi connectivity index (χ4v) is 4.04. The van der Waals surface area contributed by atoms with Crippen molar-refractivity contribution in [2.45, 2.75) is 51.9 Å². The summed E-state index contributed by atoms with van der Waals surface area (Å²) in [6.45, 7) is 11.9. The smallest absolute Gasteiger partial charge is 0.410 e. The lowest BCUT2D eigenvalue weighted by Crippen LogP contribution is -2.33. The van der Waals surface area contributed by atoms with Gasteiger partial charge in [-0.3, -0.25) is 9.59 Å². The highest BCUT2D eigenvalue weighted by molar-refractivity contribution is 5.83. The Hall–Kier alpha value is -3.35. The summed E-state index contributed by atoms with van der Waals surface area (Å²) in [5.41, 5.74) is 0. The number of likely N-dealkylation sites (tertiary alicyclic amines) is 2. The van der Waals surface area contributed by atoms with Crippen LogP contribution in [0.1, 0.15) is 51.9 Å². The third-order valence-electron chi connectivity index (χ3n) is 5.95. The molecule has 2 aliphatic heterocycles. The molecule has 10 nitrogen and oxygen atoms in total. The molecule has 2 amide bonds. The highest BCUT2D eigenvalue weighted by Crippen LogP contribution is 2.21. The van der Waals surface area contributed by atoms with E-state index in [0.717, 1.165) is 25.7 Å². The second kappa shape index (κ2) is 18.0. The van der Waals surface area contributed by atoms with Gasteiger partial charge in [-0.2, -0.15) is 5.26 Å². The summed E-state index contributed by atoms with van der Waals surface area (Å²) in [5, 5.41) is 8.51. The number of esters is 1. The molecule has 2 fully saturated rings. The van der Waals surface area contributed by atoms with Crippen molar-refractivity contribution < 1.29 is 33.4 Å². The number of nitrogens with zero attached hydrogens (tertiary/aromatic N) is 3. The molecule has 0 bridgehead atoms. The van der Waals surface area contributed by atoms with Gasteiger partial charge in [-0.25, -0.2) is 9.59 Å². The monoisotopic (exact) mass is 505 g/mol. The highest BCUT2D eigenvalue weighted by Gasteiger charge is 2.27. The zero-order valence-electron chi connectivity index (χ0n) is 21.3. The Morgan fingerprint density at radius 1 is 0.833 bits per heavy atom. The zero-order valence-corrected chi connectivity index (χ0v) is 21.3. The standard InChI is InChI=1S/C13H18N2O3.C13H21NO4/c1-2-10-18-13(17)15-8-3-4-11(6-9-15)12(16)5-7-14;1-3-10-18-13(16)14-8-5-6-11(7-9-14)12(15)17-4-2/h2,11H,1,3-6,8-10H2;3,11H,1,4-10H2,2H3. The van der Waals surface area contributed by atoms with Crippen LogP contribution in [0.25, 0.3) is 0 Å². The minimum atomic E-state index is -0.358. The van der Waals surface area contributed by atoms with Crippen LogP contribution in [-0.4, -0.2) is 79.7 Å². The summed E-state index contributed by atoms with van der Waals surface area (Å²) < 4.78 is 15.0. The molecule has 2 saturated heterocycles. The molecule has 0 aromatic carbocycles. The minimum Gasteiger partial charge on any atom is -0.466 e. The van der Waals surface area contributed by atoms with E-state index in [2.05, 4.69) is 13.2 Å². The van der Waals surface area contributed by atoms with Crippen LogP contribution in [0.15, 0.2) is 25.3 Å². The molecule has 0 N–H and O–H groups in total. The topological polar surface area (TPSA) is 126 Å². The van der Waals surface area contributed by atoms with Gasteiger partial charge in [0.05, 0.1) is 25.0 Å². The van der Waals surface area contributed by atoms with E-state index < -0.39 is 0 Å². The fourth-order valence-electron chi connectivity index (χ4n) is 4.04. The van der Waals surface area contributed by atoms with Crippen LogP contribution >= 0.6 is 0 Å². The lowest BCUT2D eigenvalue weighted by atomic mass is 9.94. The molecular formula is C26H39N3O7. The SMILES string of the molecule is C=CCOC(=O)N1CCCC(C(=O)CC#N)CC1.C=CCOC(=O)N1CCCC(C(=O)OCC)CC1. The van der Waals surface area contributed by atoms with Crippen molar-refractivity contribution in [3.8, 4) is 6.07 Å². The second-order valence-electron chi connectivity index (χ2n) is 8.51. The number of nitriles is 1. The summed E-state index contributed by atoms with van der Waals surface area (Å²) in [5.74, 6) is -0.360. The average molecular weight is 506 g/mol. The van der Waals surface area contributed by atoms with Gasteiger partial charge in [0.1, 0.15) is 19.0 Å². The third-order valence-corrected chi connectivity index (χ3v) is 5.95. The number of hydrogen-bond acceptors (Lipinski definition) is 8. The summed E-state index contributed by atoms with van der Waals surface area (Å²) in [6.07, 6.45) is 6.67. The van der Waals surface area contributed by atoms with Gasteiger partial charge in [0, 0.05) is 32.1 Å². The van der Waals surface area contributed by atoms with Gasteiger partial charge in [0.15, 0.2) is 0 Å². The fraction of sp³-hybridized carbons (Fsp3) is 0.654. The summed E-state index contributed by atoms with van der Waals surface area (Å²) in [7, 11) is 0. The lowest BCUT2D eigenvalue weighted by molar-refractivity contribution is -0.148. The van der Waals surface area contributed by atoms with E-state index in [1.54, 1.807) is 16.7 Å². The quantitative estimate of drug-likeness (QED) is 0.276. The first-order valence-electron chi connectivity index (χ1n) is 12.5. The predicted molar refractivity (Wildman–Crippen MR) is 133 cm³/mol. The number of carbonyl (C=O) groups is 4. The van der Waals surface area contributed by atoms with Gasteiger partial charge in [-0.1, -0.05) is 25.3 Å². The molecule has 2 heterocycles. The van der Waals surface area contributed by atoms with E-state index >= 15 is 0 Å². The minimum absolute atomic E-state index is 0.0150. The Balaban J connectivity index is 0.000000360. The molecule has 0 aromatic rings. The molecule has 36 heavy (non-hydrogen) atoms. The molecular weight excluding hydrogens is 466 g/mol. The van der Waals surface area contributed by atoms with Crippen LogP contribution in [0.5, 0.6) is 0 Å². The van der Waals surface area contributed by atoms with E-state index in [9.17, 15) is 19.2 Å². The van der Waals surface area contributed by atoms with Gasteiger partial charge in [0.2, 0.25) is 0 Å². The van der Waals surface area contributed by atoms with Crippen molar-refractivity contribution >= 4 is 23.9 Å². The van der Waals surface area contributed by atoms with E-state index in [-0.39, 0.29) is 55.4 Å². The number of hydrogen-bond donors (Lipinski definition) is 0. The summed E-state index contributed by atoms with van der Waals surface area (Å²) in [6, 6.07) is 1.88. The van der Waals surface area contributed by atoms with Crippen LogP contribution in [-0.2, 0) is 23.8 Å². The maximum absolute atomic E-state index is 11.7. The number of ether oxygens (including phenoxy) is 3. The molecule has 0 aliphatic carbocycles. The van der Waals surface area contributed by atoms with Gasteiger partial charge in [-0.05, 0) is 45.4 Å². The van der Waals surface area contributed by atoms with E-state index in [1.807, 2.05) is 6.07 Å². The number of carbonyl (C=O) groups excluding carboxylic acids is 4. The molecule has 2 atom stereocenters. The van der Waals surface area contributed by atoms with Crippen LogP contribution in [0, 0.1) is 23.2 Å². The first-order chi connectivity index (χ1) is 17.4. The molecule has 0 saturated carbocycles. The highest BCUT2D eigenvalue weighted by atomic mass is 16.6. The Morgan fingerprint density at radius 2 is 1.33 bits per heavy atom. The summed E-state index contributed by atoms with van der Waals surface area (Å²) in [4.78, 5) is 49.8. The molecule has 0 spiro atoms. The first-order valence-corrected chi connectivity index (χ1v) is 12.5. The van der Waals surface area contributed by atoms with Crippen molar-refractivity contribution in [2.24, 2.45) is 11.8 Å². The second-order valence-corrected chi connectivity index (χ2v) is 8.51. The Bertz CT molecular complexity index is 793. The van der Waals surface area contributed by atoms with Gasteiger partial charge in [0.25, 0.3) is 0 Å². The van der Waals surface area contributed by atoms with Crippen molar-refractivity contribution in [3.63, 3.8) is 0 Å². The molecule has 200 valence electrons. The van der Waals surface area contributed by atoms with Gasteiger partial charge in [-0.15, -0.1) is 0 Å². The molecule has 10 heteroatoms. The van der Waals surface area contributed by atoms with Crippen LogP contribution < -0.4 is 0 Å². The Labute approximate surface area is 213 Å². The molecule has 2 unspecified atom stereocenters. The van der Waals surface area contributed by atoms with Gasteiger partial charge >= 0.3 is 18.2 Å². The number of ketones is 1. The maximum Gasteiger partial charge on any atom is 0.410 e. The van der Waals surface area contributed by atoms with Crippen LogP contribution in [0.3, 0.4) is 0 Å². The molecule has 2 rings (SSSR count). The maximum atomic E-state index is 11.7. The van der Waals surface area contributed by atoms with Crippen molar-refractivity contribution in [1.82, 2.24) is 9.80 Å². The van der Waals surface area contributed by atoms with Crippen molar-refractivity contribution in [2.75, 3.05) is 46.0 Å². The molecule has 0 radical (unpaired) electrons. The first kappa shape index (κ1) is 30.7. The number of amides is 2. The lowest BCUT2D eigenvalue weighted by Gasteiger charge is -2.19. The Kier molecular flexibility index (Phi) is 15.3. The normalized spacial score (nSPS) is 19.7. The van der Waals surface area contributed by atoms with Gasteiger partial charge < -0.3 is 24.0 Å². The largest absolute Gasteiger partial charge is 0.466 e. The van der Waals surface area contributed by atoms with E-state index in [1.165, 1.54) is 12.2 Å². The van der Waals surface area contributed by atoms with Crippen LogP contribution in [0.4, 0.5) is 9.59 Å². The third kappa shape index (κ3) is 11.4. The summed E-state index contributed by atoms with van der Waals surface area (Å²) >= 11 is 0. The van der Waals surface area contributed by atoms with E-state index in [0.29, 0.717) is 45.6 Å². The zero-order chi connectivity index (χ0) is 26.8. The van der Waals surface area contributed by atoms with Crippen molar-refractivity contribution in [1.29, 1.82) is 5.26 Å². The Morgan fingerprint density at radius 3 is 1.81 bits per heavy atom. The predicted octanol–water partition coefficient (Wildman–Crippen LogP) is 3.87. The van der Waals surface area contributed by atoms with E-state index in [4.69, 9.17) is 19.5 Å². The molecule has 0 aromatic heterocycles. The average Bonchev–Trinajstić information content (AvgIpc) is 3.28. The van der Waals surface area contributed by atoms with Crippen LogP contribution in [0.2, 0.25) is 0 Å².